The Balaban J connectivity index is 1.46. The van der Waals surface area contributed by atoms with Gasteiger partial charge < -0.3 is 4.57 Å². The monoisotopic (exact) mass is 600 g/mol. The van der Waals surface area contributed by atoms with Crippen LogP contribution in [-0.2, 0) is 0 Å². The average Bonchev–Trinajstić information content (AvgIpc) is 3.41. The van der Waals surface area contributed by atoms with Gasteiger partial charge in [-0.15, -0.1) is 0 Å². The van der Waals surface area contributed by atoms with Crippen LogP contribution in [0.5, 0.6) is 0 Å². The fourth-order valence-electron chi connectivity index (χ4n) is 6.08. The van der Waals surface area contributed by atoms with Crippen LogP contribution in [0.2, 0.25) is 0 Å². The largest absolute Gasteiger partial charge is 0.308 e. The lowest BCUT2D eigenvalue weighted by atomic mass is 10.0. The molecule has 0 aliphatic carbocycles. The Labute approximate surface area is 264 Å². The maximum atomic E-state index is 14.4. The molecule has 0 unspecified atom stereocenters. The first kappa shape index (κ1) is 27.5. The molecule has 220 valence electrons. The fraction of sp³-hybridized carbons (Fsp3) is 0.0250. The van der Waals surface area contributed by atoms with Crippen molar-refractivity contribution in [1.29, 1.82) is 0 Å². The summed E-state index contributed by atoms with van der Waals surface area (Å²) in [6, 6.07) is 43.6. The number of halogens is 2. The molecule has 0 spiro atoms. The van der Waals surface area contributed by atoms with E-state index < -0.39 is 11.6 Å². The lowest BCUT2D eigenvalue weighted by molar-refractivity contribution is 0.584. The highest BCUT2D eigenvalue weighted by atomic mass is 19.1. The summed E-state index contributed by atoms with van der Waals surface area (Å²) in [5.74, 6) is 0.308. The number of aromatic nitrogens is 4. The maximum absolute atomic E-state index is 14.4. The molecule has 0 aliphatic rings. The number of aryl methyl sites for hydroxylation is 1. The Morgan fingerprint density at radius 3 is 1.72 bits per heavy atom. The molecule has 0 bridgehead atoms. The zero-order valence-electron chi connectivity index (χ0n) is 24.8. The first-order chi connectivity index (χ1) is 22.5. The molecule has 46 heavy (non-hydrogen) atoms. The molecule has 8 rings (SSSR count). The van der Waals surface area contributed by atoms with Gasteiger partial charge in [0.25, 0.3) is 0 Å². The van der Waals surface area contributed by atoms with Crippen LogP contribution in [0.4, 0.5) is 8.78 Å². The predicted molar refractivity (Wildman–Crippen MR) is 181 cm³/mol. The summed E-state index contributed by atoms with van der Waals surface area (Å²) in [5.41, 5.74) is 7.50. The van der Waals surface area contributed by atoms with Gasteiger partial charge in [-0.3, -0.25) is 0 Å². The van der Waals surface area contributed by atoms with Crippen molar-refractivity contribution >= 4 is 21.8 Å². The summed E-state index contributed by atoms with van der Waals surface area (Å²) >= 11 is 0. The third kappa shape index (κ3) is 4.90. The average molecular weight is 601 g/mol. The first-order valence-corrected chi connectivity index (χ1v) is 15.0. The van der Waals surface area contributed by atoms with E-state index >= 15 is 0 Å². The van der Waals surface area contributed by atoms with Crippen LogP contribution in [0.3, 0.4) is 0 Å². The molecule has 6 heteroatoms. The Morgan fingerprint density at radius 1 is 0.457 bits per heavy atom. The molecule has 2 heterocycles. The SMILES string of the molecule is Cc1ccc2c(c1)c1ccccc1n2-c1cc(-c2cc(F)cc(F)c2)ccc1-c1nc(-c2ccccc2)nc(-c2ccccc2)n1. The number of benzene rings is 6. The second-order valence-corrected chi connectivity index (χ2v) is 11.3. The lowest BCUT2D eigenvalue weighted by Crippen LogP contribution is -2.04. The Kier molecular flexibility index (Phi) is 6.68. The van der Waals surface area contributed by atoms with E-state index in [1.54, 1.807) is 0 Å². The highest BCUT2D eigenvalue weighted by molar-refractivity contribution is 6.10. The summed E-state index contributed by atoms with van der Waals surface area (Å²) in [6.45, 7) is 2.08. The summed E-state index contributed by atoms with van der Waals surface area (Å²) in [6.07, 6.45) is 0. The zero-order chi connectivity index (χ0) is 31.2. The second-order valence-electron chi connectivity index (χ2n) is 11.3. The van der Waals surface area contributed by atoms with Crippen molar-refractivity contribution in [1.82, 2.24) is 19.5 Å². The molecular weight excluding hydrogens is 574 g/mol. The van der Waals surface area contributed by atoms with Crippen LogP contribution < -0.4 is 0 Å². The van der Waals surface area contributed by atoms with Crippen LogP contribution in [0.25, 0.3) is 72.8 Å². The van der Waals surface area contributed by atoms with Crippen molar-refractivity contribution in [2.75, 3.05) is 0 Å². The molecule has 8 aromatic rings. The van der Waals surface area contributed by atoms with Gasteiger partial charge in [0.15, 0.2) is 17.5 Å². The quantitative estimate of drug-likeness (QED) is 0.197. The second kappa shape index (κ2) is 11.2. The molecule has 4 nitrogen and oxygen atoms in total. The van der Waals surface area contributed by atoms with E-state index in [0.717, 1.165) is 55.8 Å². The highest BCUT2D eigenvalue weighted by Gasteiger charge is 2.20. The molecule has 0 saturated heterocycles. The van der Waals surface area contributed by atoms with E-state index in [1.807, 2.05) is 91.0 Å². The van der Waals surface area contributed by atoms with Gasteiger partial charge in [-0.2, -0.15) is 0 Å². The number of rotatable bonds is 5. The molecular formula is C40H26F2N4. The number of hydrogen-bond acceptors (Lipinski definition) is 3. The van der Waals surface area contributed by atoms with Gasteiger partial charge in [0, 0.05) is 33.5 Å². The van der Waals surface area contributed by atoms with Crippen molar-refractivity contribution in [2.45, 2.75) is 6.92 Å². The van der Waals surface area contributed by atoms with Crippen LogP contribution in [0, 0.1) is 18.6 Å². The van der Waals surface area contributed by atoms with Crippen LogP contribution >= 0.6 is 0 Å². The third-order valence-electron chi connectivity index (χ3n) is 8.20. The Bertz CT molecular complexity index is 2320. The molecule has 0 radical (unpaired) electrons. The minimum atomic E-state index is -0.634. The van der Waals surface area contributed by atoms with Gasteiger partial charge >= 0.3 is 0 Å². The molecule has 0 N–H and O–H groups in total. The predicted octanol–water partition coefficient (Wildman–Crippen LogP) is 10.2. The van der Waals surface area contributed by atoms with E-state index in [2.05, 4.69) is 41.8 Å². The van der Waals surface area contributed by atoms with Gasteiger partial charge in [0.2, 0.25) is 0 Å². The minimum Gasteiger partial charge on any atom is -0.308 e. The van der Waals surface area contributed by atoms with Crippen LogP contribution in [-0.4, -0.2) is 19.5 Å². The summed E-state index contributed by atoms with van der Waals surface area (Å²) in [5, 5.41) is 2.20. The van der Waals surface area contributed by atoms with E-state index in [0.29, 0.717) is 28.6 Å². The molecule has 0 saturated carbocycles. The smallest absolute Gasteiger partial charge is 0.166 e. The summed E-state index contributed by atoms with van der Waals surface area (Å²) in [4.78, 5) is 14.9. The standard InChI is InChI=1S/C40H26F2N4/c1-25-16-19-36-34(20-25)32-14-8-9-15-35(32)46(36)37-23-28(29-21-30(41)24-31(42)22-29)17-18-33(37)40-44-38(26-10-4-2-5-11-26)43-39(45-40)27-12-6-3-7-13-27/h2-24H,1H3. The fourth-order valence-corrected chi connectivity index (χ4v) is 6.08. The number of fused-ring (bicyclic) bond motifs is 3. The van der Waals surface area contributed by atoms with Gasteiger partial charge in [0.05, 0.1) is 16.7 Å². The maximum Gasteiger partial charge on any atom is 0.166 e. The van der Waals surface area contributed by atoms with Crippen molar-refractivity contribution in [3.63, 3.8) is 0 Å². The first-order valence-electron chi connectivity index (χ1n) is 15.0. The number of nitrogens with zero attached hydrogens (tertiary/aromatic N) is 4. The number of hydrogen-bond donors (Lipinski definition) is 0. The molecule has 0 fully saturated rings. The summed E-state index contributed by atoms with van der Waals surface area (Å²) in [7, 11) is 0. The highest BCUT2D eigenvalue weighted by Crippen LogP contribution is 2.38. The van der Waals surface area contributed by atoms with E-state index in [4.69, 9.17) is 15.0 Å². The van der Waals surface area contributed by atoms with E-state index in [1.165, 1.54) is 12.1 Å². The minimum absolute atomic E-state index is 0.438. The van der Waals surface area contributed by atoms with Gasteiger partial charge in [-0.25, -0.2) is 23.7 Å². The van der Waals surface area contributed by atoms with Crippen molar-refractivity contribution < 1.29 is 8.78 Å². The molecule has 0 atom stereocenters. The topological polar surface area (TPSA) is 43.6 Å². The van der Waals surface area contributed by atoms with Crippen molar-refractivity contribution in [3.8, 4) is 51.0 Å². The van der Waals surface area contributed by atoms with Crippen LogP contribution in [0.15, 0.2) is 140 Å². The zero-order valence-corrected chi connectivity index (χ0v) is 24.8. The number of para-hydroxylation sites is 1. The normalized spacial score (nSPS) is 11.4. The molecule has 0 amide bonds. The molecule has 2 aromatic heterocycles. The molecule has 6 aromatic carbocycles. The Hall–Kier alpha value is -6.01. The van der Waals surface area contributed by atoms with E-state index in [9.17, 15) is 8.78 Å². The van der Waals surface area contributed by atoms with Crippen molar-refractivity contribution in [2.24, 2.45) is 0 Å². The van der Waals surface area contributed by atoms with Crippen LogP contribution in [0.1, 0.15) is 5.56 Å². The third-order valence-corrected chi connectivity index (χ3v) is 8.20. The summed E-state index contributed by atoms with van der Waals surface area (Å²) < 4.78 is 31.0. The lowest BCUT2D eigenvalue weighted by Gasteiger charge is -2.16. The van der Waals surface area contributed by atoms with Gasteiger partial charge in [0.1, 0.15) is 11.6 Å². The van der Waals surface area contributed by atoms with Gasteiger partial charge in [-0.1, -0.05) is 96.6 Å². The molecule has 0 aliphatic heterocycles. The van der Waals surface area contributed by atoms with Crippen molar-refractivity contribution in [3.05, 3.63) is 157 Å². The van der Waals surface area contributed by atoms with Gasteiger partial charge in [-0.05, 0) is 60.5 Å². The Morgan fingerprint density at radius 2 is 1.04 bits per heavy atom. The van der Waals surface area contributed by atoms with E-state index in [-0.39, 0.29) is 0 Å².